The quantitative estimate of drug-likeness (QED) is 0.725. The lowest BCUT2D eigenvalue weighted by Crippen LogP contribution is -1.88. The van der Waals surface area contributed by atoms with Crippen molar-refractivity contribution in [2.75, 3.05) is 0 Å². The van der Waals surface area contributed by atoms with Crippen molar-refractivity contribution in [2.24, 2.45) is 0 Å². The largest absolute Gasteiger partial charge is 0.354 e. The first-order chi connectivity index (χ1) is 9.72. The molecule has 0 fully saturated rings. The van der Waals surface area contributed by atoms with Crippen molar-refractivity contribution >= 4 is 23.8 Å². The summed E-state index contributed by atoms with van der Waals surface area (Å²) >= 11 is 0. The Morgan fingerprint density at radius 1 is 1.10 bits per heavy atom. The number of H-pyrrole nitrogens is 1. The molecule has 1 aliphatic rings. The van der Waals surface area contributed by atoms with E-state index in [1.807, 2.05) is 25.2 Å². The van der Waals surface area contributed by atoms with E-state index in [9.17, 15) is 0 Å². The summed E-state index contributed by atoms with van der Waals surface area (Å²) in [5.41, 5.74) is 6.90. The van der Waals surface area contributed by atoms with Crippen LogP contribution in [0.5, 0.6) is 0 Å². The maximum Gasteiger partial charge on any atom is 0.0540 e. The van der Waals surface area contributed by atoms with E-state index >= 15 is 0 Å². The summed E-state index contributed by atoms with van der Waals surface area (Å²) in [5.74, 6) is 0. The van der Waals surface area contributed by atoms with Crippen molar-refractivity contribution < 1.29 is 0 Å². The van der Waals surface area contributed by atoms with E-state index in [2.05, 4.69) is 55.4 Å². The fourth-order valence-electron chi connectivity index (χ4n) is 2.49. The van der Waals surface area contributed by atoms with Gasteiger partial charge in [0.05, 0.1) is 5.69 Å². The molecule has 102 valence electrons. The maximum absolute atomic E-state index is 3.97. The molecule has 0 atom stereocenters. The number of rotatable bonds is 4. The van der Waals surface area contributed by atoms with E-state index in [1.165, 1.54) is 11.1 Å². The maximum atomic E-state index is 3.97. The van der Waals surface area contributed by atoms with Gasteiger partial charge in [0.2, 0.25) is 0 Å². The van der Waals surface area contributed by atoms with Crippen molar-refractivity contribution in [1.82, 2.24) is 4.98 Å². The third kappa shape index (κ3) is 2.53. The van der Waals surface area contributed by atoms with Gasteiger partial charge in [0.25, 0.3) is 0 Å². The van der Waals surface area contributed by atoms with Crippen LogP contribution in [0.3, 0.4) is 0 Å². The fraction of sp³-hybridized carbons (Fsp3) is 0.158. The number of hydrogen-bond acceptors (Lipinski definition) is 0. The normalized spacial score (nSPS) is 14.9. The van der Waals surface area contributed by atoms with Crippen molar-refractivity contribution in [3.63, 3.8) is 0 Å². The lowest BCUT2D eigenvalue weighted by atomic mass is 10.00. The van der Waals surface area contributed by atoms with Crippen LogP contribution >= 0.6 is 0 Å². The van der Waals surface area contributed by atoms with Crippen LogP contribution in [0.15, 0.2) is 49.1 Å². The molecule has 1 nitrogen and oxygen atoms in total. The predicted molar refractivity (Wildman–Crippen MR) is 91.2 cm³/mol. The Morgan fingerprint density at radius 3 is 2.50 bits per heavy atom. The third-order valence-corrected chi connectivity index (χ3v) is 3.47. The van der Waals surface area contributed by atoms with E-state index in [4.69, 9.17) is 0 Å². The summed E-state index contributed by atoms with van der Waals surface area (Å²) in [5, 5.41) is 0. The zero-order valence-corrected chi connectivity index (χ0v) is 12.2. The zero-order valence-electron chi connectivity index (χ0n) is 12.2. The smallest absolute Gasteiger partial charge is 0.0540 e. The minimum absolute atomic E-state index is 0.973. The van der Waals surface area contributed by atoms with Gasteiger partial charge >= 0.3 is 0 Å². The number of hydrogen-bond donors (Lipinski definition) is 1. The number of nitrogens with one attached hydrogen (secondary N) is 1. The van der Waals surface area contributed by atoms with Gasteiger partial charge in [0, 0.05) is 22.4 Å². The predicted octanol–water partition coefficient (Wildman–Crippen LogP) is 5.62. The van der Waals surface area contributed by atoms with Crippen LogP contribution in [0.25, 0.3) is 23.8 Å². The summed E-state index contributed by atoms with van der Waals surface area (Å²) in [4.78, 5) is 3.48. The van der Waals surface area contributed by atoms with Crippen molar-refractivity contribution in [1.29, 1.82) is 0 Å². The van der Waals surface area contributed by atoms with Gasteiger partial charge in [-0.15, -0.1) is 0 Å². The molecule has 1 heterocycles. The summed E-state index contributed by atoms with van der Waals surface area (Å²) in [6.45, 7) is 12.0. The van der Waals surface area contributed by atoms with Crippen LogP contribution in [0.2, 0.25) is 0 Å². The molecule has 0 radical (unpaired) electrons. The molecule has 1 aromatic heterocycles. The fourth-order valence-corrected chi connectivity index (χ4v) is 2.49. The number of aromatic nitrogens is 1. The average Bonchev–Trinajstić information content (AvgIpc) is 2.65. The first kappa shape index (κ1) is 14.1. The third-order valence-electron chi connectivity index (χ3n) is 3.47. The zero-order chi connectivity index (χ0) is 14.5. The van der Waals surface area contributed by atoms with Gasteiger partial charge in [0.1, 0.15) is 0 Å². The van der Waals surface area contributed by atoms with E-state index in [-0.39, 0.29) is 0 Å². The van der Waals surface area contributed by atoms with Gasteiger partial charge in [-0.1, -0.05) is 55.7 Å². The molecule has 0 saturated heterocycles. The molecular weight excluding hydrogens is 242 g/mol. The first-order valence-corrected chi connectivity index (χ1v) is 6.90. The van der Waals surface area contributed by atoms with Crippen molar-refractivity contribution in [2.45, 2.75) is 20.3 Å². The first-order valence-electron chi connectivity index (χ1n) is 6.90. The van der Waals surface area contributed by atoms with Crippen LogP contribution < -0.4 is 0 Å². The van der Waals surface area contributed by atoms with Crippen LogP contribution in [0, 0.1) is 0 Å². The monoisotopic (exact) mass is 263 g/mol. The van der Waals surface area contributed by atoms with E-state index in [0.717, 1.165) is 28.9 Å². The van der Waals surface area contributed by atoms with E-state index < -0.39 is 0 Å². The topological polar surface area (TPSA) is 15.8 Å². The molecule has 20 heavy (non-hydrogen) atoms. The molecule has 1 heteroatoms. The van der Waals surface area contributed by atoms with E-state index in [1.54, 1.807) is 0 Å². The lowest BCUT2D eigenvalue weighted by Gasteiger charge is -2.05. The van der Waals surface area contributed by atoms with Gasteiger partial charge in [-0.05, 0) is 31.9 Å². The van der Waals surface area contributed by atoms with E-state index in [0.29, 0.717) is 0 Å². The molecule has 0 aliphatic heterocycles. The highest BCUT2D eigenvalue weighted by atomic mass is 14.7. The molecular formula is C19H21N. The summed E-state index contributed by atoms with van der Waals surface area (Å²) < 4.78 is 0. The van der Waals surface area contributed by atoms with Gasteiger partial charge in [-0.25, -0.2) is 0 Å². The molecule has 1 aromatic rings. The Bertz CT molecular complexity index is 646. The number of allylic oxidation sites excluding steroid dienone is 7. The summed E-state index contributed by atoms with van der Waals surface area (Å²) in [6, 6.07) is 0. The van der Waals surface area contributed by atoms with Crippen LogP contribution in [-0.4, -0.2) is 4.98 Å². The molecule has 1 aliphatic carbocycles. The highest BCUT2D eigenvalue weighted by Gasteiger charge is 2.15. The Labute approximate surface area is 121 Å². The lowest BCUT2D eigenvalue weighted by molar-refractivity contribution is 1.31. The molecule has 1 N–H and O–H groups in total. The summed E-state index contributed by atoms with van der Waals surface area (Å²) in [7, 11) is 0. The minimum atomic E-state index is 0.973. The van der Waals surface area contributed by atoms with Gasteiger partial charge in [0.15, 0.2) is 0 Å². The SMILES string of the molecule is C=Cc1[nH]c(C2=C(C)C=CCC=C2)c(C=C)c1/C=C\C. The van der Waals surface area contributed by atoms with Crippen molar-refractivity contribution in [3.05, 3.63) is 71.6 Å². The second-order valence-electron chi connectivity index (χ2n) is 4.79. The van der Waals surface area contributed by atoms with Gasteiger partial charge in [-0.2, -0.15) is 0 Å². The summed E-state index contributed by atoms with van der Waals surface area (Å²) in [6.07, 6.45) is 17.6. The Morgan fingerprint density at radius 2 is 1.85 bits per heavy atom. The highest BCUT2D eigenvalue weighted by molar-refractivity contribution is 5.87. The molecule has 0 aromatic carbocycles. The van der Waals surface area contributed by atoms with Crippen LogP contribution in [0.1, 0.15) is 42.8 Å². The van der Waals surface area contributed by atoms with Crippen LogP contribution in [-0.2, 0) is 0 Å². The highest BCUT2D eigenvalue weighted by Crippen LogP contribution is 2.31. The Hall–Kier alpha value is -2.28. The second kappa shape index (κ2) is 6.25. The standard InChI is InChI=1S/C19H21N/c1-5-11-17-15(6-2)19(20-18(17)7-3)16-13-10-8-9-12-14(16)4/h5-7,9-13,20H,2-3,8H2,1,4H3/b11-5-. The molecule has 2 rings (SSSR count). The van der Waals surface area contributed by atoms with Crippen molar-refractivity contribution in [3.8, 4) is 0 Å². The molecule has 0 unspecified atom stereocenters. The molecule has 0 saturated carbocycles. The molecule has 0 spiro atoms. The molecule has 0 bridgehead atoms. The second-order valence-corrected chi connectivity index (χ2v) is 4.79. The average molecular weight is 263 g/mol. The number of aromatic amines is 1. The Balaban J connectivity index is 2.71. The Kier molecular flexibility index (Phi) is 4.41. The molecule has 0 amide bonds. The van der Waals surface area contributed by atoms with Crippen LogP contribution in [0.4, 0.5) is 0 Å². The van der Waals surface area contributed by atoms with Gasteiger partial charge in [-0.3, -0.25) is 0 Å². The van der Waals surface area contributed by atoms with Gasteiger partial charge < -0.3 is 4.98 Å². The minimum Gasteiger partial charge on any atom is -0.354 e.